The Morgan fingerprint density at radius 1 is 1.43 bits per heavy atom. The summed E-state index contributed by atoms with van der Waals surface area (Å²) in [5.74, 6) is 0. The fourth-order valence-corrected chi connectivity index (χ4v) is 2.57. The van der Waals surface area contributed by atoms with Crippen LogP contribution in [0.5, 0.6) is 0 Å². The highest BCUT2D eigenvalue weighted by atomic mass is 32.1. The lowest BCUT2D eigenvalue weighted by Crippen LogP contribution is -2.40. The maximum Gasteiger partial charge on any atom is 0.410 e. The topological polar surface area (TPSA) is 54.5 Å². The van der Waals surface area contributed by atoms with Crippen LogP contribution in [-0.2, 0) is 11.3 Å². The molecule has 6 heteroatoms. The monoisotopic (exact) mass is 313 g/mol. The third kappa shape index (κ3) is 7.43. The van der Waals surface area contributed by atoms with Crippen molar-refractivity contribution in [3.8, 4) is 0 Å². The van der Waals surface area contributed by atoms with E-state index in [1.54, 1.807) is 16.2 Å². The smallest absolute Gasteiger partial charge is 0.410 e. The van der Waals surface area contributed by atoms with Crippen LogP contribution >= 0.6 is 11.3 Å². The van der Waals surface area contributed by atoms with Crippen molar-refractivity contribution in [1.82, 2.24) is 15.2 Å². The maximum absolute atomic E-state index is 12.1. The number of nitrogens with one attached hydrogen (secondary N) is 1. The molecule has 5 nitrogen and oxygen atoms in total. The molecular weight excluding hydrogens is 286 g/mol. The van der Waals surface area contributed by atoms with Crippen LogP contribution < -0.4 is 5.32 Å². The van der Waals surface area contributed by atoms with Crippen molar-refractivity contribution in [2.24, 2.45) is 0 Å². The average molecular weight is 313 g/mol. The Morgan fingerprint density at radius 2 is 2.14 bits per heavy atom. The summed E-state index contributed by atoms with van der Waals surface area (Å²) in [6.45, 7) is 12.6. The number of thiazole rings is 1. The third-order valence-electron chi connectivity index (χ3n) is 2.67. The predicted octanol–water partition coefficient (Wildman–Crippen LogP) is 3.19. The molecule has 0 spiro atoms. The van der Waals surface area contributed by atoms with Gasteiger partial charge < -0.3 is 15.0 Å². The first-order valence-corrected chi connectivity index (χ1v) is 8.23. The van der Waals surface area contributed by atoms with Crippen LogP contribution in [0.15, 0.2) is 6.20 Å². The number of amides is 1. The van der Waals surface area contributed by atoms with Gasteiger partial charge in [0.05, 0.1) is 5.01 Å². The Morgan fingerprint density at radius 3 is 2.67 bits per heavy atom. The highest BCUT2D eigenvalue weighted by Crippen LogP contribution is 2.11. The summed E-state index contributed by atoms with van der Waals surface area (Å²) in [5.41, 5.74) is -0.448. The molecular formula is C15H27N3O2S. The summed E-state index contributed by atoms with van der Waals surface area (Å²) in [6.07, 6.45) is 2.58. The molecule has 1 aromatic heterocycles. The van der Waals surface area contributed by atoms with Gasteiger partial charge in [-0.15, -0.1) is 11.3 Å². The predicted molar refractivity (Wildman–Crippen MR) is 86.7 cm³/mol. The SMILES string of the molecule is CCCN(CCNCc1cnc(C)s1)C(=O)OC(C)(C)C. The number of nitrogens with zero attached hydrogens (tertiary/aromatic N) is 2. The zero-order valence-corrected chi connectivity index (χ0v) is 14.5. The fraction of sp³-hybridized carbons (Fsp3) is 0.733. The molecule has 0 fully saturated rings. The van der Waals surface area contributed by atoms with Gasteiger partial charge in [-0.1, -0.05) is 6.92 Å². The second-order valence-electron chi connectivity index (χ2n) is 5.99. The van der Waals surface area contributed by atoms with Crippen LogP contribution in [0.2, 0.25) is 0 Å². The highest BCUT2D eigenvalue weighted by Gasteiger charge is 2.21. The van der Waals surface area contributed by atoms with Gasteiger partial charge in [0.25, 0.3) is 0 Å². The van der Waals surface area contributed by atoms with Crippen LogP contribution in [0.3, 0.4) is 0 Å². The first kappa shape index (κ1) is 17.9. The lowest BCUT2D eigenvalue weighted by molar-refractivity contribution is 0.0252. The molecule has 1 N–H and O–H groups in total. The number of hydrogen-bond acceptors (Lipinski definition) is 5. The third-order valence-corrected chi connectivity index (χ3v) is 3.58. The molecule has 1 heterocycles. The number of aryl methyl sites for hydroxylation is 1. The van der Waals surface area contributed by atoms with E-state index in [-0.39, 0.29) is 6.09 Å². The van der Waals surface area contributed by atoms with E-state index in [1.165, 1.54) is 4.88 Å². The Labute approximate surface area is 131 Å². The lowest BCUT2D eigenvalue weighted by atomic mass is 10.2. The first-order chi connectivity index (χ1) is 9.81. The molecule has 0 atom stereocenters. The molecule has 0 saturated heterocycles. The van der Waals surface area contributed by atoms with Crippen LogP contribution in [0, 0.1) is 6.92 Å². The fourth-order valence-electron chi connectivity index (χ4n) is 1.80. The van der Waals surface area contributed by atoms with Crippen molar-refractivity contribution in [3.05, 3.63) is 16.1 Å². The number of ether oxygens (including phenoxy) is 1. The van der Waals surface area contributed by atoms with Crippen molar-refractivity contribution >= 4 is 17.4 Å². The zero-order valence-electron chi connectivity index (χ0n) is 13.7. The standard InChI is InChI=1S/C15H27N3O2S/c1-6-8-18(14(19)20-15(3,4)5)9-7-16-10-13-11-17-12(2)21-13/h11,16H,6-10H2,1-5H3. The summed E-state index contributed by atoms with van der Waals surface area (Å²) < 4.78 is 5.42. The number of carbonyl (C=O) groups is 1. The number of aromatic nitrogens is 1. The summed E-state index contributed by atoms with van der Waals surface area (Å²) in [6, 6.07) is 0. The Kier molecular flexibility index (Phi) is 7.11. The molecule has 0 bridgehead atoms. The second kappa shape index (κ2) is 8.34. The van der Waals surface area contributed by atoms with Gasteiger partial charge in [-0.25, -0.2) is 9.78 Å². The van der Waals surface area contributed by atoms with Crippen LogP contribution in [0.25, 0.3) is 0 Å². The van der Waals surface area contributed by atoms with E-state index >= 15 is 0 Å². The van der Waals surface area contributed by atoms with E-state index in [4.69, 9.17) is 4.74 Å². The quantitative estimate of drug-likeness (QED) is 0.786. The van der Waals surface area contributed by atoms with Crippen molar-refractivity contribution in [3.63, 3.8) is 0 Å². The summed E-state index contributed by atoms with van der Waals surface area (Å²) in [5, 5.41) is 4.42. The number of carbonyl (C=O) groups excluding carboxylic acids is 1. The summed E-state index contributed by atoms with van der Waals surface area (Å²) in [7, 11) is 0. The lowest BCUT2D eigenvalue weighted by Gasteiger charge is -2.27. The molecule has 21 heavy (non-hydrogen) atoms. The summed E-state index contributed by atoms with van der Waals surface area (Å²) in [4.78, 5) is 19.3. The van der Waals surface area contributed by atoms with Gasteiger partial charge in [-0.2, -0.15) is 0 Å². The van der Waals surface area contributed by atoms with Gasteiger partial charge in [0.15, 0.2) is 0 Å². The van der Waals surface area contributed by atoms with Gasteiger partial charge >= 0.3 is 6.09 Å². The van der Waals surface area contributed by atoms with Gasteiger partial charge in [0.1, 0.15) is 5.60 Å². The van der Waals surface area contributed by atoms with Gasteiger partial charge in [-0.05, 0) is 34.1 Å². The Hall–Kier alpha value is -1.14. The van der Waals surface area contributed by atoms with Crippen molar-refractivity contribution in [1.29, 1.82) is 0 Å². The number of hydrogen-bond donors (Lipinski definition) is 1. The Bertz CT molecular complexity index is 440. The van der Waals surface area contributed by atoms with Gasteiger partial charge in [0, 0.05) is 37.3 Å². The van der Waals surface area contributed by atoms with E-state index in [0.717, 1.165) is 31.1 Å². The van der Waals surface area contributed by atoms with Crippen LogP contribution in [0.4, 0.5) is 4.79 Å². The van der Waals surface area contributed by atoms with Gasteiger partial charge in [0.2, 0.25) is 0 Å². The molecule has 0 unspecified atom stereocenters. The second-order valence-corrected chi connectivity index (χ2v) is 7.31. The average Bonchev–Trinajstić information content (AvgIpc) is 2.77. The molecule has 0 aliphatic heterocycles. The molecule has 1 rings (SSSR count). The maximum atomic E-state index is 12.1. The molecule has 120 valence electrons. The van der Waals surface area contributed by atoms with E-state index in [1.807, 2.05) is 33.9 Å². The van der Waals surface area contributed by atoms with E-state index in [2.05, 4.69) is 17.2 Å². The van der Waals surface area contributed by atoms with Gasteiger partial charge in [-0.3, -0.25) is 0 Å². The Balaban J connectivity index is 2.35. The zero-order chi connectivity index (χ0) is 15.9. The normalized spacial score (nSPS) is 11.5. The first-order valence-electron chi connectivity index (χ1n) is 7.41. The summed E-state index contributed by atoms with van der Waals surface area (Å²) >= 11 is 1.69. The molecule has 0 radical (unpaired) electrons. The van der Waals surface area contributed by atoms with E-state index in [9.17, 15) is 4.79 Å². The highest BCUT2D eigenvalue weighted by molar-refractivity contribution is 7.11. The minimum absolute atomic E-state index is 0.236. The van der Waals surface area contributed by atoms with Crippen molar-refractivity contribution in [2.75, 3.05) is 19.6 Å². The van der Waals surface area contributed by atoms with E-state index < -0.39 is 5.60 Å². The van der Waals surface area contributed by atoms with Crippen LogP contribution in [-0.4, -0.2) is 41.2 Å². The minimum atomic E-state index is -0.448. The molecule has 1 aromatic rings. The molecule has 0 saturated carbocycles. The van der Waals surface area contributed by atoms with Crippen molar-refractivity contribution < 1.29 is 9.53 Å². The van der Waals surface area contributed by atoms with Crippen LogP contribution in [0.1, 0.15) is 44.0 Å². The molecule has 1 amide bonds. The molecule has 0 aromatic carbocycles. The molecule has 0 aliphatic rings. The minimum Gasteiger partial charge on any atom is -0.444 e. The largest absolute Gasteiger partial charge is 0.444 e. The van der Waals surface area contributed by atoms with E-state index in [0.29, 0.717) is 6.54 Å². The van der Waals surface area contributed by atoms with Crippen molar-refractivity contribution in [2.45, 2.75) is 53.2 Å². The number of rotatable bonds is 7. The molecule has 0 aliphatic carbocycles.